The van der Waals surface area contributed by atoms with E-state index in [1.165, 1.54) is 5.56 Å². The van der Waals surface area contributed by atoms with Gasteiger partial charge in [-0.05, 0) is 29.8 Å². The van der Waals surface area contributed by atoms with Crippen LogP contribution in [0.1, 0.15) is 5.56 Å². The Balaban J connectivity index is 2.38. The SMILES string of the molecule is Cc1ccc2cc(OC(O)C#N)ccc2c1. The van der Waals surface area contributed by atoms with Gasteiger partial charge in [0, 0.05) is 0 Å². The van der Waals surface area contributed by atoms with E-state index in [2.05, 4.69) is 6.07 Å². The van der Waals surface area contributed by atoms with Gasteiger partial charge in [0.25, 0.3) is 6.29 Å². The summed E-state index contributed by atoms with van der Waals surface area (Å²) in [4.78, 5) is 0. The summed E-state index contributed by atoms with van der Waals surface area (Å²) in [5.74, 6) is 0.491. The Morgan fingerprint density at radius 1 is 1.19 bits per heavy atom. The summed E-state index contributed by atoms with van der Waals surface area (Å²) in [6, 6.07) is 13.1. The highest BCUT2D eigenvalue weighted by Gasteiger charge is 2.03. The molecule has 3 nitrogen and oxygen atoms in total. The van der Waals surface area contributed by atoms with Crippen molar-refractivity contribution >= 4 is 10.8 Å². The largest absolute Gasteiger partial charge is 0.452 e. The van der Waals surface area contributed by atoms with Gasteiger partial charge in [0.1, 0.15) is 11.8 Å². The minimum atomic E-state index is -1.41. The number of fused-ring (bicyclic) bond motifs is 1. The fourth-order valence-corrected chi connectivity index (χ4v) is 1.57. The zero-order valence-electron chi connectivity index (χ0n) is 8.84. The third-order valence-electron chi connectivity index (χ3n) is 2.33. The Bertz CT molecular complexity index is 557. The van der Waals surface area contributed by atoms with E-state index in [1.807, 2.05) is 25.1 Å². The van der Waals surface area contributed by atoms with Crippen molar-refractivity contribution in [3.05, 3.63) is 42.0 Å². The highest BCUT2D eigenvalue weighted by Crippen LogP contribution is 2.22. The first-order valence-corrected chi connectivity index (χ1v) is 4.94. The first-order valence-electron chi connectivity index (χ1n) is 4.94. The Kier molecular flexibility index (Phi) is 2.76. The van der Waals surface area contributed by atoms with Gasteiger partial charge >= 0.3 is 0 Å². The van der Waals surface area contributed by atoms with Crippen LogP contribution in [-0.2, 0) is 0 Å². The molecular formula is C13H11NO2. The lowest BCUT2D eigenvalue weighted by Crippen LogP contribution is -2.11. The average molecular weight is 213 g/mol. The average Bonchev–Trinajstić information content (AvgIpc) is 2.29. The molecule has 0 bridgehead atoms. The predicted octanol–water partition coefficient (Wildman–Crippen LogP) is 2.37. The summed E-state index contributed by atoms with van der Waals surface area (Å²) in [5, 5.41) is 19.6. The highest BCUT2D eigenvalue weighted by molar-refractivity contribution is 5.84. The monoisotopic (exact) mass is 213 g/mol. The highest BCUT2D eigenvalue weighted by atomic mass is 16.6. The number of aliphatic hydroxyl groups is 1. The molecule has 0 aliphatic heterocycles. The second-order valence-electron chi connectivity index (χ2n) is 3.61. The van der Waals surface area contributed by atoms with E-state index in [9.17, 15) is 0 Å². The van der Waals surface area contributed by atoms with Gasteiger partial charge in [0.2, 0.25) is 0 Å². The molecule has 16 heavy (non-hydrogen) atoms. The van der Waals surface area contributed by atoms with Gasteiger partial charge in [-0.2, -0.15) is 5.26 Å². The topological polar surface area (TPSA) is 53.2 Å². The van der Waals surface area contributed by atoms with E-state index in [0.29, 0.717) is 5.75 Å². The fraction of sp³-hybridized carbons (Fsp3) is 0.154. The molecule has 0 aliphatic carbocycles. The maximum atomic E-state index is 9.04. The standard InChI is InChI=1S/C13H11NO2/c1-9-2-3-11-7-12(16-13(15)8-14)5-4-10(11)6-9/h2-7,13,15H,1H3. The number of ether oxygens (including phenoxy) is 1. The number of aliphatic hydroxyl groups excluding tert-OH is 1. The van der Waals surface area contributed by atoms with Crippen LogP contribution in [0.4, 0.5) is 0 Å². The summed E-state index contributed by atoms with van der Waals surface area (Å²) in [6.07, 6.45) is -1.41. The summed E-state index contributed by atoms with van der Waals surface area (Å²) in [7, 11) is 0. The van der Waals surface area contributed by atoms with Crippen molar-refractivity contribution in [1.82, 2.24) is 0 Å². The number of aryl methyl sites for hydroxylation is 1. The van der Waals surface area contributed by atoms with Crippen molar-refractivity contribution in [3.63, 3.8) is 0 Å². The third kappa shape index (κ3) is 2.13. The normalized spacial score (nSPS) is 12.1. The summed E-state index contributed by atoms with van der Waals surface area (Å²) in [6.45, 7) is 2.03. The van der Waals surface area contributed by atoms with Gasteiger partial charge in [-0.15, -0.1) is 0 Å². The van der Waals surface area contributed by atoms with Crippen LogP contribution in [0.2, 0.25) is 0 Å². The van der Waals surface area contributed by atoms with Crippen LogP contribution >= 0.6 is 0 Å². The van der Waals surface area contributed by atoms with Crippen molar-refractivity contribution < 1.29 is 9.84 Å². The Hall–Kier alpha value is -2.05. The first-order chi connectivity index (χ1) is 7.69. The molecule has 1 unspecified atom stereocenters. The van der Waals surface area contributed by atoms with Crippen molar-refractivity contribution in [2.75, 3.05) is 0 Å². The van der Waals surface area contributed by atoms with Gasteiger partial charge in [0.15, 0.2) is 0 Å². The van der Waals surface area contributed by atoms with E-state index in [-0.39, 0.29) is 0 Å². The van der Waals surface area contributed by atoms with Crippen LogP contribution < -0.4 is 4.74 Å². The molecule has 2 aromatic carbocycles. The second kappa shape index (κ2) is 4.21. The molecule has 0 heterocycles. The quantitative estimate of drug-likeness (QED) is 0.615. The van der Waals surface area contributed by atoms with Crippen LogP contribution in [0.15, 0.2) is 36.4 Å². The van der Waals surface area contributed by atoms with Crippen molar-refractivity contribution in [1.29, 1.82) is 5.26 Å². The van der Waals surface area contributed by atoms with E-state index in [4.69, 9.17) is 15.1 Å². The molecule has 3 heteroatoms. The van der Waals surface area contributed by atoms with Gasteiger partial charge in [-0.1, -0.05) is 29.8 Å². The fourth-order valence-electron chi connectivity index (χ4n) is 1.57. The summed E-state index contributed by atoms with van der Waals surface area (Å²) < 4.78 is 5.00. The number of rotatable bonds is 2. The molecule has 1 N–H and O–H groups in total. The minimum absolute atomic E-state index is 0.491. The number of nitriles is 1. The Morgan fingerprint density at radius 3 is 2.62 bits per heavy atom. The zero-order valence-corrected chi connectivity index (χ0v) is 8.84. The molecule has 2 rings (SSSR count). The molecule has 0 aromatic heterocycles. The Labute approximate surface area is 93.5 Å². The summed E-state index contributed by atoms with van der Waals surface area (Å²) >= 11 is 0. The lowest BCUT2D eigenvalue weighted by atomic mass is 10.1. The van der Waals surface area contributed by atoms with Gasteiger partial charge < -0.3 is 9.84 Å². The van der Waals surface area contributed by atoms with Crippen LogP contribution in [0, 0.1) is 18.3 Å². The van der Waals surface area contributed by atoms with Crippen LogP contribution in [0.3, 0.4) is 0 Å². The first kappa shape index (κ1) is 10.5. The zero-order chi connectivity index (χ0) is 11.5. The van der Waals surface area contributed by atoms with E-state index in [1.54, 1.807) is 18.2 Å². The molecule has 2 aromatic rings. The Morgan fingerprint density at radius 2 is 1.88 bits per heavy atom. The van der Waals surface area contributed by atoms with Crippen LogP contribution in [0.25, 0.3) is 10.8 Å². The molecule has 0 aliphatic rings. The van der Waals surface area contributed by atoms with Gasteiger partial charge in [-0.3, -0.25) is 0 Å². The number of hydrogen-bond donors (Lipinski definition) is 1. The number of nitrogens with zero attached hydrogens (tertiary/aromatic N) is 1. The maximum absolute atomic E-state index is 9.04. The lowest BCUT2D eigenvalue weighted by molar-refractivity contribution is 0.0315. The molecule has 80 valence electrons. The molecule has 0 saturated heterocycles. The minimum Gasteiger partial charge on any atom is -0.452 e. The second-order valence-corrected chi connectivity index (χ2v) is 3.61. The molecule has 0 spiro atoms. The maximum Gasteiger partial charge on any atom is 0.287 e. The predicted molar refractivity (Wildman–Crippen MR) is 60.9 cm³/mol. The van der Waals surface area contributed by atoms with E-state index >= 15 is 0 Å². The van der Waals surface area contributed by atoms with Crippen LogP contribution in [0.5, 0.6) is 5.75 Å². The smallest absolute Gasteiger partial charge is 0.287 e. The molecule has 1 atom stereocenters. The van der Waals surface area contributed by atoms with Crippen LogP contribution in [-0.4, -0.2) is 11.4 Å². The molecule has 0 saturated carbocycles. The molecule has 0 fully saturated rings. The van der Waals surface area contributed by atoms with Crippen molar-refractivity contribution in [2.45, 2.75) is 13.2 Å². The number of hydrogen-bond acceptors (Lipinski definition) is 3. The van der Waals surface area contributed by atoms with Crippen molar-refractivity contribution in [2.24, 2.45) is 0 Å². The van der Waals surface area contributed by atoms with E-state index in [0.717, 1.165) is 10.8 Å². The number of benzene rings is 2. The van der Waals surface area contributed by atoms with E-state index < -0.39 is 6.29 Å². The summed E-state index contributed by atoms with van der Waals surface area (Å²) in [5.41, 5.74) is 1.19. The molecule has 0 radical (unpaired) electrons. The molecular weight excluding hydrogens is 202 g/mol. The lowest BCUT2D eigenvalue weighted by Gasteiger charge is -2.07. The van der Waals surface area contributed by atoms with Gasteiger partial charge in [-0.25, -0.2) is 0 Å². The third-order valence-corrected chi connectivity index (χ3v) is 2.33. The van der Waals surface area contributed by atoms with Crippen molar-refractivity contribution in [3.8, 4) is 11.8 Å². The molecule has 0 amide bonds. The van der Waals surface area contributed by atoms with Gasteiger partial charge in [0.05, 0.1) is 0 Å².